The van der Waals surface area contributed by atoms with E-state index in [2.05, 4.69) is 9.51 Å². The first-order valence-electron chi connectivity index (χ1n) is 6.86. The van der Waals surface area contributed by atoms with Gasteiger partial charge in [0.25, 0.3) is 0 Å². The zero-order valence-electron chi connectivity index (χ0n) is 17.3. The summed E-state index contributed by atoms with van der Waals surface area (Å²) in [4.78, 5) is 25.1. The molecule has 0 aliphatic heterocycles. The Morgan fingerprint density at radius 1 is 1.04 bits per heavy atom. The van der Waals surface area contributed by atoms with Crippen molar-refractivity contribution in [3.63, 3.8) is 0 Å². The molecule has 0 saturated carbocycles. The fraction of sp³-hybridized carbons (Fsp3) is 0.429. The number of fused-ring (bicyclic) bond motifs is 1. The van der Waals surface area contributed by atoms with Gasteiger partial charge in [0.2, 0.25) is 0 Å². The van der Waals surface area contributed by atoms with Gasteiger partial charge in [-0.2, -0.15) is 0 Å². The number of benzene rings is 1. The first-order valence-corrected chi connectivity index (χ1v) is 8.32. The summed E-state index contributed by atoms with van der Waals surface area (Å²) in [6.07, 6.45) is 0. The second-order valence-electron chi connectivity index (χ2n) is 3.68. The van der Waals surface area contributed by atoms with E-state index >= 15 is 0 Å². The average molecular weight is 655 g/mol. The molecule has 1 heterocycles. The minimum Gasteiger partial charge on any atom is -0.790 e. The van der Waals surface area contributed by atoms with Gasteiger partial charge in [-0.1, -0.05) is 52.3 Å². The molecular formula is C14H22N2O4PRb4+. The van der Waals surface area contributed by atoms with E-state index in [4.69, 9.17) is 0 Å². The van der Waals surface area contributed by atoms with E-state index in [-0.39, 0.29) is 233 Å². The molecule has 0 saturated heterocycles. The molecule has 0 spiro atoms. The van der Waals surface area contributed by atoms with E-state index < -0.39 is 7.82 Å². The molecule has 0 aliphatic carbocycles. The van der Waals surface area contributed by atoms with E-state index in [1.54, 1.807) is 6.92 Å². The second-order valence-corrected chi connectivity index (χ2v) is 4.78. The van der Waals surface area contributed by atoms with Crippen LogP contribution in [0, 0.1) is 20.6 Å². The summed E-state index contributed by atoms with van der Waals surface area (Å²) in [7, 11) is -5.02. The predicted molar refractivity (Wildman–Crippen MR) is 80.3 cm³/mol. The van der Waals surface area contributed by atoms with Crippen molar-refractivity contribution in [1.82, 2.24) is 9.55 Å². The van der Waals surface area contributed by atoms with E-state index in [0.717, 1.165) is 12.3 Å². The van der Waals surface area contributed by atoms with Crippen LogP contribution >= 0.6 is 7.82 Å². The van der Waals surface area contributed by atoms with Gasteiger partial charge in [-0.05, 0) is 18.5 Å². The fourth-order valence-electron chi connectivity index (χ4n) is 1.56. The number of aryl methyl sites for hydroxylation is 2. The molecule has 1 aromatic carbocycles. The number of nitrogens with zero attached hydrogens (tertiary/aromatic N) is 2. The summed E-state index contributed by atoms with van der Waals surface area (Å²) in [5, 5.41) is 0. The van der Waals surface area contributed by atoms with Crippen molar-refractivity contribution in [1.29, 1.82) is 0 Å². The van der Waals surface area contributed by atoms with Gasteiger partial charge in [0.1, 0.15) is 0 Å². The van der Waals surface area contributed by atoms with Gasteiger partial charge in [0, 0.05) is 18.1 Å². The number of phosphoric ester groups is 1. The second kappa shape index (κ2) is 23.1. The first-order chi connectivity index (χ1) is 9.87. The average Bonchev–Trinajstić information content (AvgIpc) is 2.75. The van der Waals surface area contributed by atoms with Crippen LogP contribution in [0.3, 0.4) is 0 Å². The van der Waals surface area contributed by atoms with Gasteiger partial charge >= 0.3 is 233 Å². The summed E-state index contributed by atoms with van der Waals surface area (Å²) in [6, 6.07) is 5.54. The van der Waals surface area contributed by atoms with Crippen molar-refractivity contribution >= 4 is 18.9 Å². The van der Waals surface area contributed by atoms with Crippen LogP contribution in [0.25, 0.3) is 11.0 Å². The molecule has 25 heavy (non-hydrogen) atoms. The van der Waals surface area contributed by atoms with Crippen LogP contribution in [0.5, 0.6) is 0 Å². The molecular weight excluding hydrogens is 633 g/mol. The number of hydrogen-bond acceptors (Lipinski definition) is 5. The molecule has 0 fully saturated rings. The van der Waals surface area contributed by atoms with Gasteiger partial charge in [-0.15, -0.1) is 0 Å². The summed E-state index contributed by atoms with van der Waals surface area (Å²) >= 11 is 0. The Morgan fingerprint density at radius 2 is 1.52 bits per heavy atom. The third-order valence-electron chi connectivity index (χ3n) is 2.30. The van der Waals surface area contributed by atoms with E-state index in [0.29, 0.717) is 16.9 Å². The number of rotatable bonds is 3. The number of phosphoric acid groups is 1. The quantitative estimate of drug-likeness (QED) is 0.243. The monoisotopic (exact) mass is 653 g/mol. The molecule has 0 N–H and O–H groups in total. The molecule has 2 aromatic rings. The zero-order chi connectivity index (χ0) is 16.6. The topological polar surface area (TPSA) is 90.2 Å². The molecule has 0 unspecified atom stereocenters. The third-order valence-corrected chi connectivity index (χ3v) is 2.66. The zero-order valence-corrected chi connectivity index (χ0v) is 37.8. The van der Waals surface area contributed by atoms with E-state index in [1.165, 1.54) is 4.57 Å². The largest absolute Gasteiger partial charge is 1.00 e. The Morgan fingerprint density at radius 3 is 1.96 bits per heavy atom. The Hall–Kier alpha value is 5.89. The van der Waals surface area contributed by atoms with Crippen LogP contribution in [-0.2, 0) is 9.09 Å². The van der Waals surface area contributed by atoms with E-state index in [1.807, 2.05) is 52.8 Å². The van der Waals surface area contributed by atoms with Crippen molar-refractivity contribution in [2.45, 2.75) is 41.5 Å². The van der Waals surface area contributed by atoms with Gasteiger partial charge in [0.05, 0.1) is 7.82 Å². The van der Waals surface area contributed by atoms with Crippen LogP contribution < -0.4 is 243 Å². The molecule has 1 aromatic heterocycles. The molecule has 2 rings (SSSR count). The minimum absolute atomic E-state index is 0. The molecule has 0 radical (unpaired) electrons. The van der Waals surface area contributed by atoms with Crippen molar-refractivity contribution in [3.8, 4) is 0 Å². The number of imidazole rings is 1. The van der Waals surface area contributed by atoms with Crippen molar-refractivity contribution < 1.29 is 252 Å². The smallest absolute Gasteiger partial charge is 0.790 e. The third kappa shape index (κ3) is 17.1. The maximum absolute atomic E-state index is 10.4. The Balaban J connectivity index is -0.000000156. The number of hydrogen-bond donors (Lipinski definition) is 0. The molecule has 6 nitrogen and oxygen atoms in total. The maximum atomic E-state index is 10.4. The first kappa shape index (κ1) is 41.2. The summed E-state index contributed by atoms with van der Waals surface area (Å²) in [6.45, 7) is 12.5. The molecule has 0 atom stereocenters. The maximum Gasteiger partial charge on any atom is 1.00 e. The molecule has 0 amide bonds. The van der Waals surface area contributed by atoms with E-state index in [9.17, 15) is 14.4 Å². The van der Waals surface area contributed by atoms with Crippen molar-refractivity contribution in [2.24, 2.45) is 0 Å². The van der Waals surface area contributed by atoms with Crippen molar-refractivity contribution in [3.05, 3.63) is 36.3 Å². The molecule has 120 valence electrons. The van der Waals surface area contributed by atoms with Crippen LogP contribution in [0.15, 0.2) is 18.2 Å². The molecule has 0 bridgehead atoms. The van der Waals surface area contributed by atoms with Crippen LogP contribution in [0.4, 0.5) is 0 Å². The van der Waals surface area contributed by atoms with Crippen LogP contribution in [-0.4, -0.2) is 9.55 Å². The predicted octanol–water partition coefficient (Wildman–Crippen LogP) is -9.47. The molecule has 0 aliphatic rings. The SMILES string of the molecule is CC.CC.Cc1ccc2nc(C)n([CH-]OP(=O)([O-])[O-])c2c1.[Rb+].[Rb+].[Rb+].[Rb+]. The normalized spacial score (nSPS) is 8.64. The van der Waals surface area contributed by atoms with Gasteiger partial charge in [-0.25, -0.2) is 0 Å². The van der Waals surface area contributed by atoms with Gasteiger partial charge in [-0.3, -0.25) is 0 Å². The van der Waals surface area contributed by atoms with Crippen LogP contribution in [0.1, 0.15) is 39.1 Å². The fourth-order valence-corrected chi connectivity index (χ4v) is 1.77. The van der Waals surface area contributed by atoms with Crippen molar-refractivity contribution in [2.75, 3.05) is 0 Å². The Bertz CT molecular complexity index is 620. The Kier molecular flexibility index (Phi) is 38.0. The minimum atomic E-state index is -5.02. The summed E-state index contributed by atoms with van der Waals surface area (Å²) < 4.78 is 16.0. The van der Waals surface area contributed by atoms with Crippen LogP contribution in [0.2, 0.25) is 0 Å². The van der Waals surface area contributed by atoms with Gasteiger partial charge < -0.3 is 28.4 Å². The number of aromatic nitrogens is 2. The van der Waals surface area contributed by atoms with Gasteiger partial charge in [0.15, 0.2) is 0 Å². The summed E-state index contributed by atoms with van der Waals surface area (Å²) in [5.74, 6) is 0.541. The Labute approximate surface area is 347 Å². The summed E-state index contributed by atoms with van der Waals surface area (Å²) in [5.41, 5.74) is 2.40. The standard InChI is InChI=1S/C10H12N2O4P.2C2H6.4Rb/c1-7-3-4-9-10(5-7)12(8(2)11-9)6-16-17(13,14)15;2*1-2;;;;/h3-6H,1-2H3,(H2,13,14,15);2*1-2H3;;;;/q-1;;;4*+1/p-2. The molecule has 11 heteroatoms.